The van der Waals surface area contributed by atoms with Crippen LogP contribution < -0.4 is 0 Å². The first-order valence-corrected chi connectivity index (χ1v) is 12.1. The minimum absolute atomic E-state index is 0.218. The minimum Gasteiger partial charge on any atom is -0.273 e. The summed E-state index contributed by atoms with van der Waals surface area (Å²) in [5.74, 6) is 0.907. The Morgan fingerprint density at radius 3 is 2.17 bits per heavy atom. The van der Waals surface area contributed by atoms with Crippen LogP contribution in [0.4, 0.5) is 0 Å². The molecule has 0 saturated heterocycles. The fourth-order valence-corrected chi connectivity index (χ4v) is 5.43. The quantitative estimate of drug-likeness (QED) is 0.389. The zero-order valence-corrected chi connectivity index (χ0v) is 18.1. The van der Waals surface area contributed by atoms with Crippen molar-refractivity contribution in [2.75, 3.05) is 0 Å². The van der Waals surface area contributed by atoms with Gasteiger partial charge in [-0.15, -0.1) is 10.2 Å². The second-order valence-corrected chi connectivity index (χ2v) is 9.79. The largest absolute Gasteiger partial charge is 0.273 e. The van der Waals surface area contributed by atoms with Crippen LogP contribution in [0.3, 0.4) is 0 Å². The molecule has 0 N–H and O–H groups in total. The number of benzene rings is 3. The number of hydrogen-bond donors (Lipinski definition) is 0. The standard InChI is InChI=1S/C23H21N3O2S2/c1-18-10-8-9-11-19(18)16-29-23-25-24-22(26(23)20-12-4-2-5-13-20)17-30(27,28)21-14-6-3-7-15-21/h2-15H,16-17H2,1H3. The monoisotopic (exact) mass is 435 g/mol. The summed E-state index contributed by atoms with van der Waals surface area (Å²) < 4.78 is 27.7. The number of aromatic nitrogens is 3. The van der Waals surface area contributed by atoms with Gasteiger partial charge in [0.15, 0.2) is 20.8 Å². The van der Waals surface area contributed by atoms with Crippen LogP contribution in [-0.2, 0) is 21.3 Å². The molecule has 0 atom stereocenters. The molecule has 0 spiro atoms. The van der Waals surface area contributed by atoms with Crippen molar-refractivity contribution in [3.05, 3.63) is 102 Å². The summed E-state index contributed by atoms with van der Waals surface area (Å²) in [6.45, 7) is 2.08. The molecule has 0 fully saturated rings. The van der Waals surface area contributed by atoms with Gasteiger partial charge in [0.2, 0.25) is 0 Å². The smallest absolute Gasteiger partial charge is 0.196 e. The molecule has 152 valence electrons. The SMILES string of the molecule is Cc1ccccc1CSc1nnc(CS(=O)(=O)c2ccccc2)n1-c1ccccc1. The van der Waals surface area contributed by atoms with Gasteiger partial charge in [-0.3, -0.25) is 4.57 Å². The van der Waals surface area contributed by atoms with Gasteiger partial charge in [0, 0.05) is 11.4 Å². The van der Waals surface area contributed by atoms with Crippen molar-refractivity contribution in [1.29, 1.82) is 0 Å². The summed E-state index contributed by atoms with van der Waals surface area (Å²) in [4.78, 5) is 0.279. The Morgan fingerprint density at radius 1 is 0.833 bits per heavy atom. The van der Waals surface area contributed by atoms with Gasteiger partial charge in [0.05, 0.1) is 4.90 Å². The molecule has 0 aliphatic carbocycles. The summed E-state index contributed by atoms with van der Waals surface area (Å²) >= 11 is 1.55. The maximum Gasteiger partial charge on any atom is 0.196 e. The molecule has 30 heavy (non-hydrogen) atoms. The van der Waals surface area contributed by atoms with E-state index in [9.17, 15) is 8.42 Å². The first-order valence-electron chi connectivity index (χ1n) is 9.49. The van der Waals surface area contributed by atoms with E-state index >= 15 is 0 Å². The summed E-state index contributed by atoms with van der Waals surface area (Å²) in [6, 6.07) is 26.3. The van der Waals surface area contributed by atoms with E-state index in [-0.39, 0.29) is 10.6 Å². The number of hydrogen-bond acceptors (Lipinski definition) is 5. The highest BCUT2D eigenvalue weighted by Gasteiger charge is 2.22. The van der Waals surface area contributed by atoms with Gasteiger partial charge in [-0.1, -0.05) is 72.4 Å². The van der Waals surface area contributed by atoms with Crippen LogP contribution in [0, 0.1) is 6.92 Å². The lowest BCUT2D eigenvalue weighted by atomic mass is 10.1. The van der Waals surface area contributed by atoms with Crippen molar-refractivity contribution in [3.63, 3.8) is 0 Å². The Kier molecular flexibility index (Phi) is 6.01. The molecule has 0 saturated carbocycles. The maximum atomic E-state index is 12.9. The molecule has 5 nitrogen and oxygen atoms in total. The normalized spacial score (nSPS) is 11.5. The fourth-order valence-electron chi connectivity index (χ4n) is 3.12. The number of sulfone groups is 1. The summed E-state index contributed by atoms with van der Waals surface area (Å²) in [6.07, 6.45) is 0. The third-order valence-electron chi connectivity index (χ3n) is 4.75. The van der Waals surface area contributed by atoms with Gasteiger partial charge in [-0.25, -0.2) is 8.42 Å². The molecular formula is C23H21N3O2S2. The molecule has 4 aromatic rings. The molecule has 3 aromatic carbocycles. The van der Waals surface area contributed by atoms with E-state index in [0.29, 0.717) is 11.0 Å². The molecule has 0 aliphatic heterocycles. The maximum absolute atomic E-state index is 12.9. The molecule has 0 unspecified atom stereocenters. The van der Waals surface area contributed by atoms with Gasteiger partial charge < -0.3 is 0 Å². The lowest BCUT2D eigenvalue weighted by molar-refractivity contribution is 0.593. The van der Waals surface area contributed by atoms with Crippen molar-refractivity contribution < 1.29 is 8.42 Å². The third-order valence-corrected chi connectivity index (χ3v) is 7.36. The summed E-state index contributed by atoms with van der Waals surface area (Å²) in [5, 5.41) is 9.25. The van der Waals surface area contributed by atoms with E-state index in [2.05, 4.69) is 29.3 Å². The van der Waals surface area contributed by atoms with Crippen LogP contribution in [0.5, 0.6) is 0 Å². The van der Waals surface area contributed by atoms with E-state index in [0.717, 1.165) is 11.4 Å². The molecule has 0 aliphatic rings. The number of para-hydroxylation sites is 1. The Morgan fingerprint density at radius 2 is 1.47 bits per heavy atom. The van der Waals surface area contributed by atoms with Crippen LogP contribution in [0.2, 0.25) is 0 Å². The summed E-state index contributed by atoms with van der Waals surface area (Å²) in [5.41, 5.74) is 3.26. The predicted octanol–water partition coefficient (Wildman–Crippen LogP) is 4.84. The van der Waals surface area contributed by atoms with Crippen molar-refractivity contribution in [2.45, 2.75) is 28.5 Å². The topological polar surface area (TPSA) is 64.8 Å². The van der Waals surface area contributed by atoms with E-state index in [1.54, 1.807) is 42.1 Å². The van der Waals surface area contributed by atoms with E-state index in [1.807, 2.05) is 47.0 Å². The van der Waals surface area contributed by atoms with Crippen molar-refractivity contribution in [2.24, 2.45) is 0 Å². The van der Waals surface area contributed by atoms with Crippen molar-refractivity contribution in [1.82, 2.24) is 14.8 Å². The number of nitrogens with zero attached hydrogens (tertiary/aromatic N) is 3. The average molecular weight is 436 g/mol. The zero-order chi connectivity index (χ0) is 21.0. The minimum atomic E-state index is -3.54. The van der Waals surface area contributed by atoms with Gasteiger partial charge in [-0.05, 0) is 42.3 Å². The predicted molar refractivity (Wildman–Crippen MR) is 119 cm³/mol. The van der Waals surface area contributed by atoms with Gasteiger partial charge in [-0.2, -0.15) is 0 Å². The number of aryl methyl sites for hydroxylation is 1. The molecule has 0 amide bonds. The second kappa shape index (κ2) is 8.85. The highest BCUT2D eigenvalue weighted by atomic mass is 32.2. The molecule has 4 rings (SSSR count). The van der Waals surface area contributed by atoms with Crippen LogP contribution in [-0.4, -0.2) is 23.2 Å². The zero-order valence-electron chi connectivity index (χ0n) is 16.5. The summed E-state index contributed by atoms with van der Waals surface area (Å²) in [7, 11) is -3.54. The molecule has 0 bridgehead atoms. The Hall–Kier alpha value is -2.90. The lowest BCUT2D eigenvalue weighted by Gasteiger charge is -2.11. The fraction of sp³-hybridized carbons (Fsp3) is 0.130. The first-order chi connectivity index (χ1) is 14.5. The molecule has 1 heterocycles. The first kappa shape index (κ1) is 20.4. The van der Waals surface area contributed by atoms with E-state index in [4.69, 9.17) is 0 Å². The lowest BCUT2D eigenvalue weighted by Crippen LogP contribution is -2.11. The van der Waals surface area contributed by atoms with Gasteiger partial charge >= 0.3 is 0 Å². The molecule has 0 radical (unpaired) electrons. The molecule has 7 heteroatoms. The Balaban J connectivity index is 1.69. The highest BCUT2D eigenvalue weighted by Crippen LogP contribution is 2.27. The highest BCUT2D eigenvalue weighted by molar-refractivity contribution is 7.98. The number of thioether (sulfide) groups is 1. The van der Waals surface area contributed by atoms with Gasteiger partial charge in [0.1, 0.15) is 5.75 Å². The van der Waals surface area contributed by atoms with Crippen LogP contribution in [0.25, 0.3) is 5.69 Å². The molecular weight excluding hydrogens is 414 g/mol. The van der Waals surface area contributed by atoms with Crippen LogP contribution in [0.1, 0.15) is 17.0 Å². The second-order valence-electron chi connectivity index (χ2n) is 6.86. The Labute approximate surface area is 180 Å². The molecule has 1 aromatic heterocycles. The van der Waals surface area contributed by atoms with Crippen LogP contribution in [0.15, 0.2) is 95.0 Å². The van der Waals surface area contributed by atoms with E-state index < -0.39 is 9.84 Å². The van der Waals surface area contributed by atoms with Crippen molar-refractivity contribution >= 4 is 21.6 Å². The average Bonchev–Trinajstić information content (AvgIpc) is 3.16. The Bertz CT molecular complexity index is 1240. The van der Waals surface area contributed by atoms with E-state index in [1.165, 1.54) is 11.1 Å². The number of rotatable bonds is 7. The van der Waals surface area contributed by atoms with Crippen molar-refractivity contribution in [3.8, 4) is 5.69 Å². The van der Waals surface area contributed by atoms with Gasteiger partial charge in [0.25, 0.3) is 0 Å². The third kappa shape index (κ3) is 4.47. The van der Waals surface area contributed by atoms with Crippen LogP contribution >= 0.6 is 11.8 Å².